The molecule has 0 aromatic heterocycles. The first-order chi connectivity index (χ1) is 15.3. The summed E-state index contributed by atoms with van der Waals surface area (Å²) in [5.74, 6) is -2.43. The van der Waals surface area contributed by atoms with Crippen LogP contribution < -0.4 is 9.05 Å². The first-order valence-corrected chi connectivity index (χ1v) is 11.2. The van der Waals surface area contributed by atoms with Crippen LogP contribution in [0.15, 0.2) is 60.7 Å². The molecule has 174 valence electrons. The van der Waals surface area contributed by atoms with Crippen LogP contribution in [-0.4, -0.2) is 61.1 Å². The van der Waals surface area contributed by atoms with Crippen LogP contribution in [0.1, 0.15) is 6.42 Å². The summed E-state index contributed by atoms with van der Waals surface area (Å²) in [7, 11) is -1.96. The van der Waals surface area contributed by atoms with Crippen molar-refractivity contribution in [2.45, 2.75) is 30.5 Å². The number of benzene rings is 2. The van der Waals surface area contributed by atoms with E-state index >= 15 is 0 Å². The maximum Gasteiger partial charge on any atom is 0.587 e. The second-order valence-corrected chi connectivity index (χ2v) is 8.44. The number of methoxy groups -OCH3 is 2. The molecule has 0 bridgehead atoms. The molecule has 10 nitrogen and oxygen atoms in total. The Bertz CT molecular complexity index is 879. The summed E-state index contributed by atoms with van der Waals surface area (Å²) in [5, 5.41) is 20.6. The zero-order valence-electron chi connectivity index (χ0n) is 17.5. The zero-order chi connectivity index (χ0) is 23.2. The van der Waals surface area contributed by atoms with Crippen molar-refractivity contribution in [1.29, 1.82) is 0 Å². The zero-order valence-corrected chi connectivity index (χ0v) is 18.4. The van der Waals surface area contributed by atoms with Crippen LogP contribution in [0, 0.1) is 0 Å². The Morgan fingerprint density at radius 1 is 1.03 bits per heavy atom. The van der Waals surface area contributed by atoms with Crippen LogP contribution >= 0.6 is 7.82 Å². The summed E-state index contributed by atoms with van der Waals surface area (Å²) >= 11 is 0. The second kappa shape index (κ2) is 10.4. The summed E-state index contributed by atoms with van der Waals surface area (Å²) in [6.07, 6.45) is -4.55. The van der Waals surface area contributed by atoms with Gasteiger partial charge in [0.1, 0.15) is 23.7 Å². The van der Waals surface area contributed by atoms with Crippen LogP contribution in [0.5, 0.6) is 11.5 Å². The predicted octanol–water partition coefficient (Wildman–Crippen LogP) is 2.30. The van der Waals surface area contributed by atoms with Gasteiger partial charge in [0.05, 0.1) is 19.8 Å². The average Bonchev–Trinajstić information content (AvgIpc) is 2.80. The Kier molecular flexibility index (Phi) is 7.89. The molecular formula is C21H25O10P. The monoisotopic (exact) mass is 468 g/mol. The van der Waals surface area contributed by atoms with Crippen LogP contribution in [0.4, 0.5) is 0 Å². The van der Waals surface area contributed by atoms with Crippen molar-refractivity contribution in [2.75, 3.05) is 20.8 Å². The number of hydrogen-bond donors (Lipinski definition) is 2. The minimum Gasteiger partial charge on any atom is -0.465 e. The van der Waals surface area contributed by atoms with Crippen LogP contribution in [0.2, 0.25) is 0 Å². The van der Waals surface area contributed by atoms with Crippen molar-refractivity contribution in [2.24, 2.45) is 0 Å². The van der Waals surface area contributed by atoms with E-state index in [1.54, 1.807) is 60.7 Å². The molecule has 1 fully saturated rings. The van der Waals surface area contributed by atoms with E-state index in [2.05, 4.69) is 0 Å². The predicted molar refractivity (Wildman–Crippen MR) is 111 cm³/mol. The maximum atomic E-state index is 13.4. The van der Waals surface area contributed by atoms with Gasteiger partial charge in [-0.25, -0.2) is 9.36 Å². The largest absolute Gasteiger partial charge is 0.587 e. The molecule has 1 heterocycles. The van der Waals surface area contributed by atoms with Crippen molar-refractivity contribution < 1.29 is 47.4 Å². The van der Waals surface area contributed by atoms with Gasteiger partial charge in [0.15, 0.2) is 0 Å². The van der Waals surface area contributed by atoms with E-state index < -0.39 is 44.5 Å². The van der Waals surface area contributed by atoms with Crippen molar-refractivity contribution in [1.82, 2.24) is 0 Å². The van der Waals surface area contributed by atoms with Gasteiger partial charge in [-0.3, -0.25) is 4.52 Å². The van der Waals surface area contributed by atoms with Gasteiger partial charge in [-0.2, -0.15) is 0 Å². The minimum atomic E-state index is -4.29. The fourth-order valence-electron chi connectivity index (χ4n) is 3.10. The van der Waals surface area contributed by atoms with Gasteiger partial charge in [-0.15, -0.1) is 0 Å². The summed E-state index contributed by atoms with van der Waals surface area (Å²) < 4.78 is 45.3. The molecule has 11 heteroatoms. The molecule has 2 aromatic rings. The number of carbonyl (C=O) groups is 1. The lowest BCUT2D eigenvalue weighted by Gasteiger charge is -2.42. The van der Waals surface area contributed by atoms with E-state index in [1.165, 1.54) is 7.11 Å². The highest BCUT2D eigenvalue weighted by molar-refractivity contribution is 7.49. The van der Waals surface area contributed by atoms with E-state index in [-0.39, 0.29) is 17.9 Å². The number of para-hydroxylation sites is 2. The van der Waals surface area contributed by atoms with Crippen LogP contribution in [0.3, 0.4) is 0 Å². The van der Waals surface area contributed by atoms with Gasteiger partial charge in [0.2, 0.25) is 0 Å². The van der Waals surface area contributed by atoms with E-state index in [9.17, 15) is 19.6 Å². The Balaban J connectivity index is 1.80. The molecular weight excluding hydrogens is 443 g/mol. The normalized spacial score (nSPS) is 25.7. The SMILES string of the molecule is COC(=O)[C@]1(OC)C[C@H](O)[C@H](O)[C@H](COP(=O)(Oc2ccccc2)Oc2ccccc2)O1. The summed E-state index contributed by atoms with van der Waals surface area (Å²) in [6.45, 7) is -0.558. The van der Waals surface area contributed by atoms with Crippen molar-refractivity contribution >= 4 is 13.8 Å². The number of phosphoric ester groups is 1. The molecule has 0 saturated carbocycles. The minimum absolute atomic E-state index is 0.220. The number of esters is 1. The first-order valence-electron chi connectivity index (χ1n) is 9.72. The number of carbonyl (C=O) groups excluding carboxylic acids is 1. The van der Waals surface area contributed by atoms with Gasteiger partial charge in [-0.1, -0.05) is 36.4 Å². The molecule has 3 rings (SSSR count). The van der Waals surface area contributed by atoms with E-state index in [1.807, 2.05) is 0 Å². The topological polar surface area (TPSA) is 130 Å². The second-order valence-electron chi connectivity index (χ2n) is 6.92. The number of rotatable bonds is 9. The number of ether oxygens (including phenoxy) is 3. The lowest BCUT2D eigenvalue weighted by atomic mass is 9.95. The molecule has 1 saturated heterocycles. The molecule has 2 N–H and O–H groups in total. The summed E-state index contributed by atoms with van der Waals surface area (Å²) in [5.41, 5.74) is 0. The molecule has 32 heavy (non-hydrogen) atoms. The fourth-order valence-corrected chi connectivity index (χ4v) is 4.33. The number of aliphatic hydroxyl groups excluding tert-OH is 2. The van der Waals surface area contributed by atoms with Crippen molar-refractivity contribution in [3.05, 3.63) is 60.7 Å². The van der Waals surface area contributed by atoms with Gasteiger partial charge in [0, 0.05) is 13.5 Å². The number of hydrogen-bond acceptors (Lipinski definition) is 10. The molecule has 2 aromatic carbocycles. The van der Waals surface area contributed by atoms with Crippen LogP contribution in [0.25, 0.3) is 0 Å². The average molecular weight is 468 g/mol. The molecule has 0 spiro atoms. The standard InChI is InChI=1S/C21H25O10P/c1-26-20(24)21(27-2)13-17(22)19(23)18(29-21)14-28-32(25,30-15-9-5-3-6-10-15)31-16-11-7-4-8-12-16/h3-12,17-19,22-23H,13-14H2,1-2H3/t17-,18-,19-,21-/m0/s1. The maximum absolute atomic E-state index is 13.4. The Labute approximate surface area is 185 Å². The summed E-state index contributed by atoms with van der Waals surface area (Å²) in [6, 6.07) is 16.5. The third-order valence-electron chi connectivity index (χ3n) is 4.74. The van der Waals surface area contributed by atoms with E-state index in [0.717, 1.165) is 7.11 Å². The third-order valence-corrected chi connectivity index (χ3v) is 6.07. The Morgan fingerprint density at radius 3 is 2.03 bits per heavy atom. The third kappa shape index (κ3) is 5.66. The smallest absolute Gasteiger partial charge is 0.465 e. The molecule has 0 amide bonds. The molecule has 0 radical (unpaired) electrons. The van der Waals surface area contributed by atoms with Gasteiger partial charge in [0.25, 0.3) is 5.79 Å². The van der Waals surface area contributed by atoms with Crippen molar-refractivity contribution in [3.63, 3.8) is 0 Å². The Morgan fingerprint density at radius 2 is 1.56 bits per heavy atom. The van der Waals surface area contributed by atoms with Crippen LogP contribution in [-0.2, 0) is 28.1 Å². The quantitative estimate of drug-likeness (QED) is 0.418. The van der Waals surface area contributed by atoms with E-state index in [0.29, 0.717) is 0 Å². The molecule has 1 aliphatic heterocycles. The van der Waals surface area contributed by atoms with E-state index in [4.69, 9.17) is 27.8 Å². The highest BCUT2D eigenvalue weighted by atomic mass is 31.2. The van der Waals surface area contributed by atoms with Gasteiger partial charge in [-0.05, 0) is 24.3 Å². The number of aliphatic hydroxyl groups is 2. The first kappa shape index (κ1) is 24.2. The fraction of sp³-hybridized carbons (Fsp3) is 0.381. The highest BCUT2D eigenvalue weighted by Crippen LogP contribution is 2.50. The lowest BCUT2D eigenvalue weighted by molar-refractivity contribution is -0.307. The van der Waals surface area contributed by atoms with Crippen molar-refractivity contribution in [3.8, 4) is 11.5 Å². The number of phosphoric acid groups is 1. The molecule has 4 atom stereocenters. The Hall–Kier alpha value is -2.46. The summed E-state index contributed by atoms with van der Waals surface area (Å²) in [4.78, 5) is 12.2. The molecule has 0 aliphatic carbocycles. The lowest BCUT2D eigenvalue weighted by Crippen LogP contribution is -2.60. The molecule has 0 unspecified atom stereocenters. The van der Waals surface area contributed by atoms with Gasteiger partial charge >= 0.3 is 13.8 Å². The molecule has 1 aliphatic rings. The van der Waals surface area contributed by atoms with Gasteiger partial charge < -0.3 is 33.5 Å². The highest BCUT2D eigenvalue weighted by Gasteiger charge is 2.53.